The normalized spacial score (nSPS) is 11.3. The topological polar surface area (TPSA) is 26.3 Å². The second-order valence-electron chi connectivity index (χ2n) is 9.93. The lowest BCUT2D eigenvalue weighted by Gasteiger charge is -2.04. The first-order valence-corrected chi connectivity index (χ1v) is 14.8. The summed E-state index contributed by atoms with van der Waals surface area (Å²) in [7, 11) is 0. The van der Waals surface area contributed by atoms with Gasteiger partial charge in [-0.05, 0) is 12.8 Å². The summed E-state index contributed by atoms with van der Waals surface area (Å²) in [6.45, 7) is 5.67. The largest absolute Gasteiger partial charge is 0.432 e. The first kappa shape index (κ1) is 31.9. The van der Waals surface area contributed by atoms with Crippen molar-refractivity contribution in [1.82, 2.24) is 0 Å². The van der Waals surface area contributed by atoms with Gasteiger partial charge in [-0.3, -0.25) is 0 Å². The Labute approximate surface area is 208 Å². The number of ether oxygens (including phenoxy) is 1. The van der Waals surface area contributed by atoms with Gasteiger partial charge < -0.3 is 4.74 Å². The Morgan fingerprint density at radius 1 is 0.545 bits per heavy atom. The van der Waals surface area contributed by atoms with Crippen molar-refractivity contribution in [3.63, 3.8) is 0 Å². The number of rotatable bonds is 27. The number of hydrogen-bond acceptors (Lipinski definition) is 2. The molecule has 0 aromatic heterocycles. The average molecular weight is 463 g/mol. The number of unbranched alkanes of at least 4 members (excludes halogenated alkanes) is 24. The lowest BCUT2D eigenvalue weighted by atomic mass is 10.0. The third-order valence-electron chi connectivity index (χ3n) is 6.68. The summed E-state index contributed by atoms with van der Waals surface area (Å²) < 4.78 is 4.64. The van der Waals surface area contributed by atoms with Crippen LogP contribution in [0.3, 0.4) is 0 Å². The summed E-state index contributed by atoms with van der Waals surface area (Å²) in [4.78, 5) is 11.1. The Bertz CT molecular complexity index is 427. The van der Waals surface area contributed by atoms with Crippen molar-refractivity contribution in [2.45, 2.75) is 167 Å². The van der Waals surface area contributed by atoms with Gasteiger partial charge in [0, 0.05) is 6.08 Å². The fraction of sp³-hybridized carbons (Fsp3) is 0.839. The van der Waals surface area contributed by atoms with Crippen LogP contribution in [0, 0.1) is 0 Å². The number of hydrogen-bond donors (Lipinski definition) is 0. The van der Waals surface area contributed by atoms with E-state index in [4.69, 9.17) is 0 Å². The Hall–Kier alpha value is -1.05. The van der Waals surface area contributed by atoms with E-state index >= 15 is 0 Å². The zero-order chi connectivity index (χ0) is 24.1. The zero-order valence-electron chi connectivity index (χ0n) is 22.4. The van der Waals surface area contributed by atoms with Crippen LogP contribution in [-0.2, 0) is 9.53 Å². The van der Waals surface area contributed by atoms with Gasteiger partial charge in [0.2, 0.25) is 0 Å². The van der Waals surface area contributed by atoms with E-state index in [1.165, 1.54) is 160 Å². The molecule has 0 aliphatic heterocycles. The number of carbonyl (C=O) groups excluding carboxylic acids is 1. The molecule has 0 aromatic rings. The van der Waals surface area contributed by atoms with E-state index in [0.717, 1.165) is 12.8 Å². The van der Waals surface area contributed by atoms with Crippen LogP contribution >= 0.6 is 0 Å². The predicted octanol–water partition coefficient (Wildman–Crippen LogP) is 11.0. The van der Waals surface area contributed by atoms with Gasteiger partial charge in [-0.15, -0.1) is 0 Å². The van der Waals surface area contributed by atoms with E-state index in [0.29, 0.717) is 0 Å². The van der Waals surface area contributed by atoms with Crippen molar-refractivity contribution in [3.05, 3.63) is 25.0 Å². The molecule has 0 fully saturated rings. The van der Waals surface area contributed by atoms with E-state index in [1.807, 2.05) is 6.08 Å². The van der Waals surface area contributed by atoms with Crippen molar-refractivity contribution in [2.75, 3.05) is 0 Å². The number of allylic oxidation sites excluding steroid dienone is 1. The van der Waals surface area contributed by atoms with E-state index < -0.39 is 0 Å². The molecule has 0 heterocycles. The summed E-state index contributed by atoms with van der Waals surface area (Å²) in [5, 5.41) is 0. The molecule has 0 amide bonds. The second kappa shape index (κ2) is 29.0. The minimum absolute atomic E-state index is 0.325. The third-order valence-corrected chi connectivity index (χ3v) is 6.68. The van der Waals surface area contributed by atoms with E-state index in [-0.39, 0.29) is 5.97 Å². The first-order valence-electron chi connectivity index (χ1n) is 14.8. The molecule has 0 rings (SSSR count). The van der Waals surface area contributed by atoms with Crippen LogP contribution in [0.5, 0.6) is 0 Å². The van der Waals surface area contributed by atoms with Gasteiger partial charge in [-0.2, -0.15) is 0 Å². The molecule has 0 atom stereocenters. The zero-order valence-corrected chi connectivity index (χ0v) is 22.4. The maximum Gasteiger partial charge on any atom is 0.335 e. The smallest absolute Gasteiger partial charge is 0.335 e. The summed E-state index contributed by atoms with van der Waals surface area (Å²) in [5.74, 6) is -0.325. The van der Waals surface area contributed by atoms with Crippen LogP contribution in [0.25, 0.3) is 0 Å². The predicted molar refractivity (Wildman–Crippen MR) is 147 cm³/mol. The number of esters is 1. The molecule has 0 bridgehead atoms. The molecule has 0 aliphatic carbocycles. The summed E-state index contributed by atoms with van der Waals surface area (Å²) in [5.41, 5.74) is 0. The number of carbonyl (C=O) groups is 1. The molecule has 0 aromatic carbocycles. The molecular formula is C31H58O2. The van der Waals surface area contributed by atoms with Crippen LogP contribution < -0.4 is 0 Å². The molecule has 194 valence electrons. The maximum atomic E-state index is 11.1. The molecule has 0 N–H and O–H groups in total. The highest BCUT2D eigenvalue weighted by Gasteiger charge is 1.96. The Morgan fingerprint density at radius 2 is 0.848 bits per heavy atom. The third kappa shape index (κ3) is 28.9. The molecule has 0 aliphatic rings. The highest BCUT2D eigenvalue weighted by Crippen LogP contribution is 2.15. The molecule has 0 unspecified atom stereocenters. The molecule has 0 radical (unpaired) electrons. The van der Waals surface area contributed by atoms with E-state index in [2.05, 4.69) is 18.2 Å². The molecule has 0 saturated heterocycles. The Kier molecular flexibility index (Phi) is 28.1. The molecule has 0 saturated carbocycles. The van der Waals surface area contributed by atoms with E-state index in [9.17, 15) is 4.79 Å². The monoisotopic (exact) mass is 462 g/mol. The van der Waals surface area contributed by atoms with Gasteiger partial charge in [-0.25, -0.2) is 4.79 Å². The van der Waals surface area contributed by atoms with Gasteiger partial charge in [0.15, 0.2) is 0 Å². The average Bonchev–Trinajstić information content (AvgIpc) is 2.81. The van der Waals surface area contributed by atoms with E-state index in [1.54, 1.807) is 0 Å². The lowest BCUT2D eigenvalue weighted by molar-refractivity contribution is -0.132. The van der Waals surface area contributed by atoms with Gasteiger partial charge in [-0.1, -0.05) is 167 Å². The molecular weight excluding hydrogens is 404 g/mol. The second-order valence-corrected chi connectivity index (χ2v) is 9.93. The SMILES string of the molecule is C=COC(=O)C=CCCCCCCCCCCCCCCCCCCCCCCCCCC. The Balaban J connectivity index is 3.08. The van der Waals surface area contributed by atoms with Crippen LogP contribution in [-0.4, -0.2) is 5.97 Å². The summed E-state index contributed by atoms with van der Waals surface area (Å²) in [6.07, 6.45) is 39.6. The van der Waals surface area contributed by atoms with Gasteiger partial charge in [0.25, 0.3) is 0 Å². The lowest BCUT2D eigenvalue weighted by Crippen LogP contribution is -1.92. The molecule has 2 nitrogen and oxygen atoms in total. The highest BCUT2D eigenvalue weighted by atomic mass is 16.5. The van der Waals surface area contributed by atoms with Crippen LogP contribution in [0.1, 0.15) is 167 Å². The van der Waals surface area contributed by atoms with Gasteiger partial charge in [0.05, 0.1) is 6.26 Å². The maximum absolute atomic E-state index is 11.1. The summed E-state index contributed by atoms with van der Waals surface area (Å²) in [6, 6.07) is 0. The standard InChI is InChI=1S/C31H58O2/c1-3-5-6-7-8-9-10-11-12-13-14-15-16-17-18-19-20-21-22-23-24-25-26-27-28-29-30-31(32)33-4-2/h4,29-30H,2-3,5-28H2,1H3. The summed E-state index contributed by atoms with van der Waals surface area (Å²) >= 11 is 0. The van der Waals surface area contributed by atoms with Crippen molar-refractivity contribution in [3.8, 4) is 0 Å². The minimum Gasteiger partial charge on any atom is -0.432 e. The van der Waals surface area contributed by atoms with Gasteiger partial charge >= 0.3 is 5.97 Å². The quantitative estimate of drug-likeness (QED) is 0.0525. The van der Waals surface area contributed by atoms with Crippen molar-refractivity contribution < 1.29 is 9.53 Å². The minimum atomic E-state index is -0.325. The highest BCUT2D eigenvalue weighted by molar-refractivity contribution is 5.82. The Morgan fingerprint density at radius 3 is 1.15 bits per heavy atom. The van der Waals surface area contributed by atoms with Crippen molar-refractivity contribution >= 4 is 5.97 Å². The molecule has 33 heavy (non-hydrogen) atoms. The van der Waals surface area contributed by atoms with Crippen LogP contribution in [0.15, 0.2) is 25.0 Å². The fourth-order valence-electron chi connectivity index (χ4n) is 4.53. The van der Waals surface area contributed by atoms with Gasteiger partial charge in [0.1, 0.15) is 0 Å². The first-order chi connectivity index (χ1) is 16.3. The molecule has 0 spiro atoms. The fourth-order valence-corrected chi connectivity index (χ4v) is 4.53. The van der Waals surface area contributed by atoms with Crippen molar-refractivity contribution in [1.29, 1.82) is 0 Å². The van der Waals surface area contributed by atoms with Crippen LogP contribution in [0.2, 0.25) is 0 Å². The molecule has 2 heteroatoms. The van der Waals surface area contributed by atoms with Crippen LogP contribution in [0.4, 0.5) is 0 Å². The van der Waals surface area contributed by atoms with Crippen molar-refractivity contribution in [2.24, 2.45) is 0 Å².